The maximum absolute atomic E-state index is 12.0. The van der Waals surface area contributed by atoms with E-state index in [0.29, 0.717) is 31.0 Å². The number of likely N-dealkylation sites (tertiary alicyclic amines) is 1. The second-order valence-corrected chi connectivity index (χ2v) is 5.87. The van der Waals surface area contributed by atoms with Crippen LogP contribution in [0.4, 0.5) is 0 Å². The van der Waals surface area contributed by atoms with Crippen LogP contribution in [0.2, 0.25) is 0 Å². The van der Waals surface area contributed by atoms with E-state index in [2.05, 4.69) is 0 Å². The van der Waals surface area contributed by atoms with Gasteiger partial charge in [0, 0.05) is 26.6 Å². The molecule has 0 bridgehead atoms. The molecule has 0 spiro atoms. The van der Waals surface area contributed by atoms with Gasteiger partial charge in [-0.2, -0.15) is 0 Å². The van der Waals surface area contributed by atoms with Crippen LogP contribution < -0.4 is 5.73 Å². The van der Waals surface area contributed by atoms with Gasteiger partial charge >= 0.3 is 0 Å². The van der Waals surface area contributed by atoms with Crippen molar-refractivity contribution in [1.82, 2.24) is 9.80 Å². The van der Waals surface area contributed by atoms with Crippen LogP contribution in [0.3, 0.4) is 0 Å². The van der Waals surface area contributed by atoms with Crippen molar-refractivity contribution in [2.24, 2.45) is 5.73 Å². The molecular weight excluding hydrogens is 250 g/mol. The number of nitrogens with zero attached hydrogens (tertiary/aromatic N) is 2. The quantitative estimate of drug-likeness (QED) is 0.688. The molecule has 3 N–H and O–H groups in total. The summed E-state index contributed by atoms with van der Waals surface area (Å²) < 4.78 is 0. The van der Waals surface area contributed by atoms with E-state index in [4.69, 9.17) is 18.0 Å². The average molecular weight is 273 g/mol. The molecule has 1 rings (SSSR count). The smallest absolute Gasteiger partial charge is 0.236 e. The van der Waals surface area contributed by atoms with Gasteiger partial charge in [-0.1, -0.05) is 12.2 Å². The number of amides is 1. The molecule has 5 nitrogen and oxygen atoms in total. The largest absolute Gasteiger partial charge is 0.393 e. The molecular formula is C12H23N3O2S. The second kappa shape index (κ2) is 6.45. The van der Waals surface area contributed by atoms with Crippen LogP contribution >= 0.6 is 12.2 Å². The lowest BCUT2D eigenvalue weighted by Crippen LogP contribution is -2.49. The number of rotatable bonds is 5. The first-order chi connectivity index (χ1) is 8.30. The molecule has 1 unspecified atom stereocenters. The van der Waals surface area contributed by atoms with Gasteiger partial charge in [0.05, 0.1) is 17.1 Å². The zero-order chi connectivity index (χ0) is 13.8. The summed E-state index contributed by atoms with van der Waals surface area (Å²) in [5, 5.41) is 9.97. The van der Waals surface area contributed by atoms with Crippen molar-refractivity contribution >= 4 is 23.1 Å². The number of β-amino-alcohol motifs (C(OH)–C–C–N with tert-alkyl or cyclic N) is 1. The van der Waals surface area contributed by atoms with Crippen molar-refractivity contribution < 1.29 is 9.90 Å². The third kappa shape index (κ3) is 5.29. The molecule has 1 heterocycles. The molecule has 1 amide bonds. The lowest BCUT2D eigenvalue weighted by molar-refractivity contribution is -0.132. The van der Waals surface area contributed by atoms with Crippen LogP contribution in [-0.4, -0.2) is 64.6 Å². The van der Waals surface area contributed by atoms with Gasteiger partial charge < -0.3 is 15.7 Å². The van der Waals surface area contributed by atoms with E-state index >= 15 is 0 Å². The van der Waals surface area contributed by atoms with Crippen molar-refractivity contribution in [3.63, 3.8) is 0 Å². The third-order valence-corrected chi connectivity index (χ3v) is 3.44. The molecule has 104 valence electrons. The minimum Gasteiger partial charge on any atom is -0.393 e. The molecule has 0 aromatic carbocycles. The van der Waals surface area contributed by atoms with Crippen molar-refractivity contribution in [3.8, 4) is 0 Å². The molecule has 0 aliphatic carbocycles. The van der Waals surface area contributed by atoms with E-state index in [0.717, 1.165) is 19.4 Å². The fourth-order valence-corrected chi connectivity index (χ4v) is 2.26. The Morgan fingerprint density at radius 2 is 2.28 bits per heavy atom. The molecule has 0 aromatic heterocycles. The van der Waals surface area contributed by atoms with Crippen molar-refractivity contribution in [1.29, 1.82) is 0 Å². The van der Waals surface area contributed by atoms with Crippen molar-refractivity contribution in [2.45, 2.75) is 31.8 Å². The van der Waals surface area contributed by atoms with E-state index < -0.39 is 5.60 Å². The van der Waals surface area contributed by atoms with Gasteiger partial charge in [-0.25, -0.2) is 0 Å². The summed E-state index contributed by atoms with van der Waals surface area (Å²) in [6.07, 6.45) is 2.28. The first kappa shape index (κ1) is 15.3. The Kier molecular flexibility index (Phi) is 5.49. The van der Waals surface area contributed by atoms with Crippen LogP contribution in [0.25, 0.3) is 0 Å². The number of carbonyl (C=O) groups is 1. The van der Waals surface area contributed by atoms with Crippen molar-refractivity contribution in [2.75, 3.05) is 33.2 Å². The summed E-state index contributed by atoms with van der Waals surface area (Å²) >= 11 is 4.79. The number of hydrogen-bond donors (Lipinski definition) is 2. The lowest BCUT2D eigenvalue weighted by atomic mass is 9.95. The van der Waals surface area contributed by atoms with Gasteiger partial charge in [0.15, 0.2) is 0 Å². The van der Waals surface area contributed by atoms with E-state index in [1.165, 1.54) is 0 Å². The van der Waals surface area contributed by atoms with Crippen molar-refractivity contribution in [3.05, 3.63) is 0 Å². The number of carbonyl (C=O) groups excluding carboxylic acids is 1. The summed E-state index contributed by atoms with van der Waals surface area (Å²) in [5.74, 6) is 0.0453. The standard InChI is InChI=1S/C12H23N3O2S/c1-12(17)5-3-6-15(9-12)8-11(16)14(2)7-4-10(13)18/h17H,3-9H2,1-2H3,(H2,13,18). The molecule has 0 radical (unpaired) electrons. The number of aliphatic hydroxyl groups is 1. The molecule has 1 aliphatic heterocycles. The minimum absolute atomic E-state index is 0.0453. The highest BCUT2D eigenvalue weighted by Crippen LogP contribution is 2.19. The Morgan fingerprint density at radius 1 is 1.61 bits per heavy atom. The first-order valence-corrected chi connectivity index (χ1v) is 6.68. The highest BCUT2D eigenvalue weighted by atomic mass is 32.1. The van der Waals surface area contributed by atoms with E-state index in [9.17, 15) is 9.90 Å². The highest BCUT2D eigenvalue weighted by Gasteiger charge is 2.29. The zero-order valence-electron chi connectivity index (χ0n) is 11.2. The van der Waals surface area contributed by atoms with Crippen LogP contribution in [-0.2, 0) is 4.79 Å². The summed E-state index contributed by atoms with van der Waals surface area (Å²) in [4.78, 5) is 16.0. The predicted octanol–water partition coefficient (Wildman–Crippen LogP) is -0.0322. The normalized spacial score (nSPS) is 24.8. The summed E-state index contributed by atoms with van der Waals surface area (Å²) in [6, 6.07) is 0. The van der Waals surface area contributed by atoms with E-state index in [1.807, 2.05) is 11.8 Å². The van der Waals surface area contributed by atoms with Crippen LogP contribution in [0, 0.1) is 0 Å². The highest BCUT2D eigenvalue weighted by molar-refractivity contribution is 7.80. The van der Waals surface area contributed by atoms with Gasteiger partial charge in [-0.05, 0) is 26.3 Å². The lowest BCUT2D eigenvalue weighted by Gasteiger charge is -2.37. The summed E-state index contributed by atoms with van der Waals surface area (Å²) in [7, 11) is 1.75. The summed E-state index contributed by atoms with van der Waals surface area (Å²) in [5.41, 5.74) is 4.74. The molecule has 1 aliphatic rings. The van der Waals surface area contributed by atoms with Gasteiger partial charge in [-0.3, -0.25) is 9.69 Å². The number of likely N-dealkylation sites (N-methyl/N-ethyl adjacent to an activating group) is 1. The topological polar surface area (TPSA) is 69.8 Å². The number of hydrogen-bond acceptors (Lipinski definition) is 4. The monoisotopic (exact) mass is 273 g/mol. The van der Waals surface area contributed by atoms with E-state index in [1.54, 1.807) is 11.9 Å². The fourth-order valence-electron chi connectivity index (χ4n) is 2.17. The summed E-state index contributed by atoms with van der Waals surface area (Å²) in [6.45, 7) is 4.15. The predicted molar refractivity (Wildman–Crippen MR) is 75.3 cm³/mol. The minimum atomic E-state index is -0.671. The van der Waals surface area contributed by atoms with E-state index in [-0.39, 0.29) is 5.91 Å². The van der Waals surface area contributed by atoms with Gasteiger partial charge in [-0.15, -0.1) is 0 Å². The zero-order valence-corrected chi connectivity index (χ0v) is 12.0. The Balaban J connectivity index is 2.37. The molecule has 18 heavy (non-hydrogen) atoms. The molecule has 1 saturated heterocycles. The molecule has 0 saturated carbocycles. The molecule has 0 aromatic rings. The number of thiocarbonyl (C=S) groups is 1. The maximum atomic E-state index is 12.0. The Hall–Kier alpha value is -0.720. The third-order valence-electron chi connectivity index (χ3n) is 3.23. The SMILES string of the molecule is CN(CCC(N)=S)C(=O)CN1CCCC(C)(O)C1. The Bertz CT molecular complexity index is 320. The molecule has 1 atom stereocenters. The van der Waals surface area contributed by atoms with Gasteiger partial charge in [0.1, 0.15) is 0 Å². The second-order valence-electron chi connectivity index (χ2n) is 5.34. The van der Waals surface area contributed by atoms with Crippen LogP contribution in [0.1, 0.15) is 26.2 Å². The van der Waals surface area contributed by atoms with Crippen LogP contribution in [0.5, 0.6) is 0 Å². The Morgan fingerprint density at radius 3 is 2.83 bits per heavy atom. The number of nitrogens with two attached hydrogens (primary N) is 1. The first-order valence-electron chi connectivity index (χ1n) is 6.27. The van der Waals surface area contributed by atoms with Gasteiger partial charge in [0.25, 0.3) is 0 Å². The maximum Gasteiger partial charge on any atom is 0.236 e. The molecule has 6 heteroatoms. The number of piperidine rings is 1. The Labute approximate surface area is 114 Å². The van der Waals surface area contributed by atoms with Crippen LogP contribution in [0.15, 0.2) is 0 Å². The molecule has 1 fully saturated rings. The average Bonchev–Trinajstić information content (AvgIpc) is 2.24. The fraction of sp³-hybridized carbons (Fsp3) is 0.833. The van der Waals surface area contributed by atoms with Gasteiger partial charge in [0.2, 0.25) is 5.91 Å².